The first-order valence-electron chi connectivity index (χ1n) is 4.95. The highest BCUT2D eigenvalue weighted by Crippen LogP contribution is 2.18. The molecule has 0 saturated heterocycles. The number of sulfone groups is 1. The van der Waals surface area contributed by atoms with E-state index < -0.39 is 15.7 Å². The average molecular weight is 246 g/mol. The Morgan fingerprint density at radius 2 is 2.06 bits per heavy atom. The third kappa shape index (κ3) is 4.61. The van der Waals surface area contributed by atoms with Crippen molar-refractivity contribution in [3.63, 3.8) is 0 Å². The quantitative estimate of drug-likeness (QED) is 0.746. The number of aryl methyl sites for hydroxylation is 1. The highest BCUT2D eigenvalue weighted by molar-refractivity contribution is 7.90. The molecule has 90 valence electrons. The second-order valence-corrected chi connectivity index (χ2v) is 6.03. The molecule has 0 amide bonds. The minimum Gasteiger partial charge on any atom is -0.490 e. The Labute approximate surface area is 95.2 Å². The van der Waals surface area contributed by atoms with Crippen LogP contribution in [0.15, 0.2) is 18.2 Å². The minimum atomic E-state index is -2.97. The molecule has 0 bridgehead atoms. The number of hydrogen-bond acceptors (Lipinski definition) is 3. The molecule has 0 unspecified atom stereocenters. The van der Waals surface area contributed by atoms with Crippen molar-refractivity contribution in [1.82, 2.24) is 0 Å². The van der Waals surface area contributed by atoms with E-state index in [1.807, 2.05) is 6.92 Å². The van der Waals surface area contributed by atoms with E-state index in [-0.39, 0.29) is 18.1 Å². The van der Waals surface area contributed by atoms with Crippen molar-refractivity contribution in [3.8, 4) is 5.75 Å². The average Bonchev–Trinajstić information content (AvgIpc) is 2.16. The number of rotatable bonds is 5. The second kappa shape index (κ2) is 5.30. The van der Waals surface area contributed by atoms with Crippen LogP contribution < -0.4 is 4.74 Å². The van der Waals surface area contributed by atoms with Crippen LogP contribution in [-0.4, -0.2) is 27.0 Å². The normalized spacial score (nSPS) is 11.4. The van der Waals surface area contributed by atoms with E-state index in [1.165, 1.54) is 12.3 Å². The number of hydrogen-bond donors (Lipinski definition) is 0. The van der Waals surface area contributed by atoms with Crippen LogP contribution in [-0.2, 0) is 9.84 Å². The van der Waals surface area contributed by atoms with Crippen LogP contribution in [0.1, 0.15) is 12.0 Å². The lowest BCUT2D eigenvalue weighted by atomic mass is 10.2. The number of benzene rings is 1. The lowest BCUT2D eigenvalue weighted by Gasteiger charge is -2.07. The number of ether oxygens (including phenoxy) is 1. The largest absolute Gasteiger partial charge is 0.490 e. The van der Waals surface area contributed by atoms with Crippen molar-refractivity contribution in [2.75, 3.05) is 18.6 Å². The summed E-state index contributed by atoms with van der Waals surface area (Å²) in [5.41, 5.74) is 0.902. The molecular formula is C11H15FO3S. The summed E-state index contributed by atoms with van der Waals surface area (Å²) in [5, 5.41) is 0. The first kappa shape index (κ1) is 13.0. The zero-order valence-corrected chi connectivity index (χ0v) is 10.2. The lowest BCUT2D eigenvalue weighted by molar-refractivity contribution is 0.301. The third-order valence-corrected chi connectivity index (χ3v) is 3.03. The van der Waals surface area contributed by atoms with Crippen molar-refractivity contribution >= 4 is 9.84 Å². The first-order chi connectivity index (χ1) is 7.38. The smallest absolute Gasteiger partial charge is 0.165 e. The van der Waals surface area contributed by atoms with Crippen LogP contribution in [0, 0.1) is 12.7 Å². The van der Waals surface area contributed by atoms with Gasteiger partial charge in [-0.05, 0) is 31.0 Å². The van der Waals surface area contributed by atoms with Gasteiger partial charge in [0.05, 0.1) is 12.4 Å². The van der Waals surface area contributed by atoms with Crippen molar-refractivity contribution in [1.29, 1.82) is 0 Å². The third-order valence-electron chi connectivity index (χ3n) is 2.00. The maximum absolute atomic E-state index is 13.2. The maximum Gasteiger partial charge on any atom is 0.165 e. The van der Waals surface area contributed by atoms with Crippen LogP contribution in [0.4, 0.5) is 4.39 Å². The van der Waals surface area contributed by atoms with Gasteiger partial charge in [-0.1, -0.05) is 6.07 Å². The van der Waals surface area contributed by atoms with Gasteiger partial charge < -0.3 is 4.74 Å². The summed E-state index contributed by atoms with van der Waals surface area (Å²) in [7, 11) is -2.97. The van der Waals surface area contributed by atoms with E-state index in [0.717, 1.165) is 5.56 Å². The highest BCUT2D eigenvalue weighted by Gasteiger charge is 2.05. The van der Waals surface area contributed by atoms with E-state index in [9.17, 15) is 12.8 Å². The Morgan fingerprint density at radius 1 is 1.38 bits per heavy atom. The summed E-state index contributed by atoms with van der Waals surface area (Å²) in [6.07, 6.45) is 1.53. The van der Waals surface area contributed by atoms with Gasteiger partial charge in [0.25, 0.3) is 0 Å². The summed E-state index contributed by atoms with van der Waals surface area (Å²) in [4.78, 5) is 0. The maximum atomic E-state index is 13.2. The number of halogens is 1. The Balaban J connectivity index is 2.46. The summed E-state index contributed by atoms with van der Waals surface area (Å²) in [5.74, 6) is -0.195. The molecule has 0 fully saturated rings. The molecule has 0 N–H and O–H groups in total. The summed E-state index contributed by atoms with van der Waals surface area (Å²) < 4.78 is 40.0. The predicted molar refractivity (Wildman–Crippen MR) is 61.0 cm³/mol. The lowest BCUT2D eigenvalue weighted by Crippen LogP contribution is -2.08. The highest BCUT2D eigenvalue weighted by atomic mass is 32.2. The van der Waals surface area contributed by atoms with Gasteiger partial charge in [-0.15, -0.1) is 0 Å². The van der Waals surface area contributed by atoms with E-state index >= 15 is 0 Å². The van der Waals surface area contributed by atoms with Crippen LogP contribution in [0.25, 0.3) is 0 Å². The van der Waals surface area contributed by atoms with Crippen molar-refractivity contribution in [3.05, 3.63) is 29.6 Å². The van der Waals surface area contributed by atoms with Crippen LogP contribution in [0.2, 0.25) is 0 Å². The fourth-order valence-corrected chi connectivity index (χ4v) is 1.87. The minimum absolute atomic E-state index is 0.0560. The fourth-order valence-electron chi connectivity index (χ4n) is 1.22. The standard InChI is InChI=1S/C11H15FO3S/c1-9-4-5-10(12)11(8-9)15-6-3-7-16(2,13)14/h4-5,8H,3,6-7H2,1-2H3. The van der Waals surface area contributed by atoms with Gasteiger partial charge in [-0.3, -0.25) is 0 Å². The van der Waals surface area contributed by atoms with Crippen LogP contribution >= 0.6 is 0 Å². The molecule has 1 aromatic rings. The van der Waals surface area contributed by atoms with Gasteiger partial charge in [0.2, 0.25) is 0 Å². The molecule has 1 aromatic carbocycles. The monoisotopic (exact) mass is 246 g/mol. The molecule has 0 saturated carbocycles. The van der Waals surface area contributed by atoms with Gasteiger partial charge >= 0.3 is 0 Å². The van der Waals surface area contributed by atoms with Crippen LogP contribution in [0.5, 0.6) is 5.75 Å². The molecule has 0 spiro atoms. The fraction of sp³-hybridized carbons (Fsp3) is 0.455. The molecule has 16 heavy (non-hydrogen) atoms. The van der Waals surface area contributed by atoms with Gasteiger partial charge in [0.1, 0.15) is 9.84 Å². The Morgan fingerprint density at radius 3 is 2.69 bits per heavy atom. The topological polar surface area (TPSA) is 43.4 Å². The molecule has 0 atom stereocenters. The van der Waals surface area contributed by atoms with Gasteiger partial charge in [-0.2, -0.15) is 0 Å². The molecule has 0 radical (unpaired) electrons. The molecule has 1 rings (SSSR count). The van der Waals surface area contributed by atoms with Crippen molar-refractivity contribution < 1.29 is 17.5 Å². The predicted octanol–water partition coefficient (Wildman–Crippen LogP) is 1.95. The van der Waals surface area contributed by atoms with E-state index in [0.29, 0.717) is 6.42 Å². The summed E-state index contributed by atoms with van der Waals surface area (Å²) in [6.45, 7) is 2.04. The zero-order valence-electron chi connectivity index (χ0n) is 9.36. The second-order valence-electron chi connectivity index (χ2n) is 3.77. The summed E-state index contributed by atoms with van der Waals surface area (Å²) in [6, 6.07) is 4.58. The molecule has 0 heterocycles. The zero-order chi connectivity index (χ0) is 12.2. The Kier molecular flexibility index (Phi) is 4.29. The summed E-state index contributed by atoms with van der Waals surface area (Å²) >= 11 is 0. The SMILES string of the molecule is Cc1ccc(F)c(OCCCS(C)(=O)=O)c1. The molecule has 0 aromatic heterocycles. The molecule has 5 heteroatoms. The van der Waals surface area contributed by atoms with Gasteiger partial charge in [0, 0.05) is 6.26 Å². The van der Waals surface area contributed by atoms with E-state index in [4.69, 9.17) is 4.74 Å². The van der Waals surface area contributed by atoms with Gasteiger partial charge in [-0.25, -0.2) is 12.8 Å². The first-order valence-corrected chi connectivity index (χ1v) is 7.01. The Hall–Kier alpha value is -1.10. The molecule has 3 nitrogen and oxygen atoms in total. The molecule has 0 aliphatic heterocycles. The molecular weight excluding hydrogens is 231 g/mol. The van der Waals surface area contributed by atoms with E-state index in [1.54, 1.807) is 12.1 Å². The molecule has 0 aliphatic carbocycles. The van der Waals surface area contributed by atoms with Crippen LogP contribution in [0.3, 0.4) is 0 Å². The van der Waals surface area contributed by atoms with E-state index in [2.05, 4.69) is 0 Å². The van der Waals surface area contributed by atoms with Crippen molar-refractivity contribution in [2.45, 2.75) is 13.3 Å². The molecule has 0 aliphatic rings. The van der Waals surface area contributed by atoms with Gasteiger partial charge in [0.15, 0.2) is 11.6 Å². The Bertz CT molecular complexity index is 454. The van der Waals surface area contributed by atoms with Crippen molar-refractivity contribution in [2.24, 2.45) is 0 Å².